The van der Waals surface area contributed by atoms with Crippen LogP contribution in [-0.4, -0.2) is 57.7 Å². The molecule has 0 aliphatic heterocycles. The van der Waals surface area contributed by atoms with Gasteiger partial charge in [-0.05, 0) is 18.6 Å². The topological polar surface area (TPSA) is 132 Å². The van der Waals surface area contributed by atoms with Crippen molar-refractivity contribution in [3.05, 3.63) is 23.8 Å². The summed E-state index contributed by atoms with van der Waals surface area (Å²) in [6.07, 6.45) is 0.718. The van der Waals surface area contributed by atoms with E-state index in [1.807, 2.05) is 12.2 Å². The molecule has 0 heterocycles. The molecule has 0 bridgehead atoms. The molecule has 148 valence electrons. The quantitative estimate of drug-likeness (QED) is 0.521. The van der Waals surface area contributed by atoms with E-state index in [-0.39, 0.29) is 5.56 Å². The first-order valence-electron chi connectivity index (χ1n) is 8.14. The summed E-state index contributed by atoms with van der Waals surface area (Å²) in [6, 6.07) is 3.88. The Morgan fingerprint density at radius 2 is 1.59 bits per heavy atom. The zero-order valence-electron chi connectivity index (χ0n) is 15.4. The van der Waals surface area contributed by atoms with Crippen LogP contribution in [0, 0.1) is 0 Å². The normalized spacial score (nSPS) is 9.74. The summed E-state index contributed by atoms with van der Waals surface area (Å²) in [6.45, 7) is 1.19. The number of esters is 1. The average Bonchev–Trinajstić information content (AvgIpc) is 2.68. The van der Waals surface area contributed by atoms with Gasteiger partial charge in [-0.15, -0.1) is 0 Å². The second-order valence-electron chi connectivity index (χ2n) is 5.25. The van der Waals surface area contributed by atoms with Gasteiger partial charge in [-0.2, -0.15) is 0 Å². The Labute approximate surface area is 156 Å². The number of imide groups is 1. The molecule has 0 saturated carbocycles. The van der Waals surface area contributed by atoms with Crippen molar-refractivity contribution in [1.82, 2.24) is 16.0 Å². The Bertz CT molecular complexity index is 669. The molecule has 0 unspecified atom stereocenters. The Hall–Kier alpha value is -3.30. The lowest BCUT2D eigenvalue weighted by Gasteiger charge is -2.09. The Kier molecular flexibility index (Phi) is 9.13. The van der Waals surface area contributed by atoms with Crippen LogP contribution in [0.1, 0.15) is 23.7 Å². The van der Waals surface area contributed by atoms with Crippen molar-refractivity contribution in [3.63, 3.8) is 0 Å². The lowest BCUT2D eigenvalue weighted by Crippen LogP contribution is -2.42. The minimum atomic E-state index is -0.831. The standard InChI is InChI=1S/C17H23N3O7/c1-4-5-18-17(24)20-14(21)10-27-15(22)9-19-16(23)11-6-12(25-2)8-13(7-11)26-3/h6-8H,4-5,9-10H2,1-3H3,(H,19,23)(H2,18,20,21,24). The van der Waals surface area contributed by atoms with Crippen molar-refractivity contribution in [2.45, 2.75) is 13.3 Å². The van der Waals surface area contributed by atoms with Crippen LogP contribution in [0.25, 0.3) is 0 Å². The van der Waals surface area contributed by atoms with E-state index in [1.165, 1.54) is 26.4 Å². The molecule has 3 N–H and O–H groups in total. The van der Waals surface area contributed by atoms with Crippen molar-refractivity contribution in [2.75, 3.05) is 33.9 Å². The third-order valence-corrected chi connectivity index (χ3v) is 3.16. The number of ether oxygens (including phenoxy) is 3. The number of nitrogens with one attached hydrogen (secondary N) is 3. The molecule has 0 aliphatic carbocycles. The maximum Gasteiger partial charge on any atom is 0.325 e. The second kappa shape index (κ2) is 11.3. The summed E-state index contributed by atoms with van der Waals surface area (Å²) in [5.74, 6) is -1.32. The molecule has 0 fully saturated rings. The lowest BCUT2D eigenvalue weighted by atomic mass is 10.2. The van der Waals surface area contributed by atoms with Gasteiger partial charge in [0.25, 0.3) is 11.8 Å². The number of hydrogen-bond donors (Lipinski definition) is 3. The van der Waals surface area contributed by atoms with Crippen molar-refractivity contribution >= 4 is 23.8 Å². The summed E-state index contributed by atoms with van der Waals surface area (Å²) in [5, 5.41) is 6.80. The van der Waals surface area contributed by atoms with Crippen LogP contribution in [-0.2, 0) is 14.3 Å². The van der Waals surface area contributed by atoms with Crippen LogP contribution >= 0.6 is 0 Å². The van der Waals surface area contributed by atoms with Crippen LogP contribution < -0.4 is 25.4 Å². The van der Waals surface area contributed by atoms with Crippen molar-refractivity contribution in [2.24, 2.45) is 0 Å². The Morgan fingerprint density at radius 3 is 2.15 bits per heavy atom. The maximum absolute atomic E-state index is 12.1. The van der Waals surface area contributed by atoms with E-state index in [0.29, 0.717) is 18.0 Å². The Balaban J connectivity index is 2.42. The molecular formula is C17H23N3O7. The number of amides is 4. The molecule has 0 aromatic heterocycles. The fraction of sp³-hybridized carbons (Fsp3) is 0.412. The first-order valence-corrected chi connectivity index (χ1v) is 8.14. The van der Waals surface area contributed by atoms with Gasteiger partial charge in [0.2, 0.25) is 0 Å². The largest absolute Gasteiger partial charge is 0.497 e. The predicted molar refractivity (Wildman–Crippen MR) is 94.7 cm³/mol. The van der Waals surface area contributed by atoms with Gasteiger partial charge in [0.05, 0.1) is 14.2 Å². The fourth-order valence-corrected chi connectivity index (χ4v) is 1.84. The van der Waals surface area contributed by atoms with Gasteiger partial charge in [-0.1, -0.05) is 6.92 Å². The molecule has 1 aromatic carbocycles. The third kappa shape index (κ3) is 8.08. The fourth-order valence-electron chi connectivity index (χ4n) is 1.84. The summed E-state index contributed by atoms with van der Waals surface area (Å²) in [4.78, 5) is 46.5. The molecule has 4 amide bonds. The highest BCUT2D eigenvalue weighted by Crippen LogP contribution is 2.22. The minimum absolute atomic E-state index is 0.226. The van der Waals surface area contributed by atoms with Crippen LogP contribution in [0.2, 0.25) is 0 Å². The van der Waals surface area contributed by atoms with Crippen LogP contribution in [0.5, 0.6) is 11.5 Å². The highest BCUT2D eigenvalue weighted by Gasteiger charge is 2.14. The second-order valence-corrected chi connectivity index (χ2v) is 5.25. The number of benzene rings is 1. The molecule has 1 rings (SSSR count). The molecule has 27 heavy (non-hydrogen) atoms. The van der Waals surface area contributed by atoms with Gasteiger partial charge >= 0.3 is 12.0 Å². The van der Waals surface area contributed by atoms with E-state index in [0.717, 1.165) is 6.42 Å². The number of urea groups is 1. The zero-order chi connectivity index (χ0) is 20.2. The van der Waals surface area contributed by atoms with E-state index in [4.69, 9.17) is 14.2 Å². The van der Waals surface area contributed by atoms with Gasteiger partial charge in [0.15, 0.2) is 6.61 Å². The highest BCUT2D eigenvalue weighted by atomic mass is 16.5. The van der Waals surface area contributed by atoms with E-state index < -0.39 is 37.0 Å². The number of methoxy groups -OCH3 is 2. The third-order valence-electron chi connectivity index (χ3n) is 3.16. The van der Waals surface area contributed by atoms with Crippen molar-refractivity contribution in [3.8, 4) is 11.5 Å². The monoisotopic (exact) mass is 381 g/mol. The number of rotatable bonds is 9. The van der Waals surface area contributed by atoms with Crippen molar-refractivity contribution < 1.29 is 33.4 Å². The molecule has 0 saturated heterocycles. The molecular weight excluding hydrogens is 358 g/mol. The average molecular weight is 381 g/mol. The number of carbonyl (C=O) groups is 4. The summed E-state index contributed by atoms with van der Waals surface area (Å²) in [5.41, 5.74) is 0.226. The maximum atomic E-state index is 12.1. The predicted octanol–water partition coefficient (Wildman–Crippen LogP) is 0.213. The molecule has 10 heteroatoms. The first-order chi connectivity index (χ1) is 12.9. The Morgan fingerprint density at radius 1 is 0.963 bits per heavy atom. The van der Waals surface area contributed by atoms with Gasteiger partial charge in [0.1, 0.15) is 18.0 Å². The van der Waals surface area contributed by atoms with Gasteiger partial charge in [0, 0.05) is 18.2 Å². The smallest absolute Gasteiger partial charge is 0.325 e. The molecule has 10 nitrogen and oxygen atoms in total. The molecule has 0 radical (unpaired) electrons. The molecule has 0 spiro atoms. The SMILES string of the molecule is CCCNC(=O)NC(=O)COC(=O)CNC(=O)c1cc(OC)cc(OC)c1. The summed E-state index contributed by atoms with van der Waals surface area (Å²) in [7, 11) is 2.89. The number of carbonyl (C=O) groups excluding carboxylic acids is 4. The molecule has 1 aromatic rings. The minimum Gasteiger partial charge on any atom is -0.497 e. The van der Waals surface area contributed by atoms with Crippen molar-refractivity contribution in [1.29, 1.82) is 0 Å². The van der Waals surface area contributed by atoms with Crippen LogP contribution in [0.4, 0.5) is 4.79 Å². The van der Waals surface area contributed by atoms with Crippen LogP contribution in [0.15, 0.2) is 18.2 Å². The molecule has 0 atom stereocenters. The summed E-state index contributed by atoms with van der Waals surface area (Å²) >= 11 is 0. The van der Waals surface area contributed by atoms with E-state index in [9.17, 15) is 19.2 Å². The highest BCUT2D eigenvalue weighted by molar-refractivity contribution is 5.97. The van der Waals surface area contributed by atoms with E-state index in [1.54, 1.807) is 6.07 Å². The first kappa shape index (κ1) is 21.7. The lowest BCUT2D eigenvalue weighted by molar-refractivity contribution is -0.147. The molecule has 0 aliphatic rings. The van der Waals surface area contributed by atoms with E-state index in [2.05, 4.69) is 10.6 Å². The van der Waals surface area contributed by atoms with E-state index >= 15 is 0 Å². The van der Waals surface area contributed by atoms with Gasteiger partial charge < -0.3 is 24.8 Å². The number of hydrogen-bond acceptors (Lipinski definition) is 7. The van der Waals surface area contributed by atoms with Crippen LogP contribution in [0.3, 0.4) is 0 Å². The summed E-state index contributed by atoms with van der Waals surface area (Å²) < 4.78 is 14.8. The van der Waals surface area contributed by atoms with Gasteiger partial charge in [-0.25, -0.2) is 4.79 Å². The zero-order valence-corrected chi connectivity index (χ0v) is 15.4. The van der Waals surface area contributed by atoms with Gasteiger partial charge in [-0.3, -0.25) is 19.7 Å².